The van der Waals surface area contributed by atoms with Gasteiger partial charge in [-0.25, -0.2) is 14.4 Å². The average molecular weight is 198 g/mol. The normalized spacial score (nSPS) is 26.4. The van der Waals surface area contributed by atoms with Gasteiger partial charge in [-0.15, -0.1) is 0 Å². The minimum absolute atomic E-state index is 0.0938. The number of nitrogens with zero attached hydrogens (tertiary/aromatic N) is 2. The molecule has 0 bridgehead atoms. The maximum atomic E-state index is 13.0. The molecule has 4 nitrogen and oxygen atoms in total. The molecule has 2 atom stereocenters. The predicted octanol–water partition coefficient (Wildman–Crippen LogP) is 0.901. The number of ether oxygens (including phenoxy) is 2. The van der Waals surface area contributed by atoms with Gasteiger partial charge in [0.15, 0.2) is 12.3 Å². The first kappa shape index (κ1) is 9.33. The molecule has 0 saturated carbocycles. The molecule has 0 amide bonds. The van der Waals surface area contributed by atoms with Gasteiger partial charge in [0.25, 0.3) is 0 Å². The Morgan fingerprint density at radius 3 is 2.71 bits per heavy atom. The van der Waals surface area contributed by atoms with Gasteiger partial charge in [0, 0.05) is 12.4 Å². The van der Waals surface area contributed by atoms with Gasteiger partial charge in [-0.2, -0.15) is 0 Å². The monoisotopic (exact) mass is 198 g/mol. The van der Waals surface area contributed by atoms with Crippen LogP contribution in [0, 0.1) is 6.92 Å². The van der Waals surface area contributed by atoms with E-state index in [9.17, 15) is 4.39 Å². The highest BCUT2D eigenvalue weighted by molar-refractivity contribution is 5.05. The lowest BCUT2D eigenvalue weighted by atomic mass is 10.3. The molecule has 0 N–H and O–H groups in total. The molecule has 76 valence electrons. The van der Waals surface area contributed by atoms with E-state index in [1.165, 1.54) is 0 Å². The smallest absolute Gasteiger partial charge is 0.316 e. The molecule has 2 heterocycles. The third kappa shape index (κ3) is 1.98. The molecule has 2 rings (SSSR count). The predicted molar refractivity (Wildman–Crippen MR) is 46.9 cm³/mol. The van der Waals surface area contributed by atoms with Crippen molar-refractivity contribution in [1.29, 1.82) is 0 Å². The van der Waals surface area contributed by atoms with E-state index in [1.54, 1.807) is 12.4 Å². The minimum atomic E-state index is -1.08. The van der Waals surface area contributed by atoms with Gasteiger partial charge >= 0.3 is 6.01 Å². The van der Waals surface area contributed by atoms with Crippen LogP contribution in [-0.4, -0.2) is 35.5 Å². The van der Waals surface area contributed by atoms with Crippen LogP contribution in [0.3, 0.4) is 0 Å². The molecule has 0 radical (unpaired) electrons. The molecule has 14 heavy (non-hydrogen) atoms. The third-order valence-corrected chi connectivity index (χ3v) is 1.98. The highest BCUT2D eigenvalue weighted by atomic mass is 19.1. The molecule has 5 heteroatoms. The second kappa shape index (κ2) is 3.88. The summed E-state index contributed by atoms with van der Waals surface area (Å²) >= 11 is 0. The molecule has 0 unspecified atom stereocenters. The van der Waals surface area contributed by atoms with E-state index in [0.717, 1.165) is 5.56 Å². The maximum Gasteiger partial charge on any atom is 0.316 e. The Kier molecular flexibility index (Phi) is 2.58. The van der Waals surface area contributed by atoms with Crippen molar-refractivity contribution in [3.05, 3.63) is 18.0 Å². The standard InChI is InChI=1S/C9H11FN2O2/c1-6-2-11-9(12-3-6)14-8-5-13-4-7(8)10/h2-3,7-8H,4-5H2,1H3/t7-,8-/m1/s1. The summed E-state index contributed by atoms with van der Waals surface area (Å²) in [4.78, 5) is 7.84. The summed E-state index contributed by atoms with van der Waals surface area (Å²) in [5, 5.41) is 0. The van der Waals surface area contributed by atoms with Crippen molar-refractivity contribution in [2.75, 3.05) is 13.2 Å². The molecule has 0 aliphatic carbocycles. The molecule has 1 aliphatic rings. The van der Waals surface area contributed by atoms with Crippen molar-refractivity contribution in [3.8, 4) is 6.01 Å². The van der Waals surface area contributed by atoms with Crippen LogP contribution in [0.15, 0.2) is 12.4 Å². The summed E-state index contributed by atoms with van der Waals surface area (Å²) < 4.78 is 23.2. The molecule has 1 aliphatic heterocycles. The minimum Gasteiger partial charge on any atom is -0.454 e. The van der Waals surface area contributed by atoms with Gasteiger partial charge in [0.2, 0.25) is 0 Å². The Bertz CT molecular complexity index is 304. The van der Waals surface area contributed by atoms with E-state index in [-0.39, 0.29) is 19.2 Å². The van der Waals surface area contributed by atoms with Gasteiger partial charge < -0.3 is 9.47 Å². The van der Waals surface area contributed by atoms with Crippen LogP contribution in [0.1, 0.15) is 5.56 Å². The highest BCUT2D eigenvalue weighted by Crippen LogP contribution is 2.15. The topological polar surface area (TPSA) is 44.2 Å². The van der Waals surface area contributed by atoms with Crippen LogP contribution in [0.5, 0.6) is 6.01 Å². The zero-order valence-electron chi connectivity index (χ0n) is 7.81. The average Bonchev–Trinajstić information content (AvgIpc) is 2.56. The Morgan fingerprint density at radius 1 is 1.43 bits per heavy atom. The van der Waals surface area contributed by atoms with Crippen molar-refractivity contribution in [2.45, 2.75) is 19.2 Å². The number of aromatic nitrogens is 2. The second-order valence-electron chi connectivity index (χ2n) is 3.25. The van der Waals surface area contributed by atoms with E-state index >= 15 is 0 Å². The molecule has 0 aromatic carbocycles. The number of rotatable bonds is 2. The van der Waals surface area contributed by atoms with Crippen LogP contribution in [0.25, 0.3) is 0 Å². The molecule has 1 saturated heterocycles. The van der Waals surface area contributed by atoms with Gasteiger partial charge in [0.05, 0.1) is 13.2 Å². The fraction of sp³-hybridized carbons (Fsp3) is 0.556. The molecular formula is C9H11FN2O2. The van der Waals surface area contributed by atoms with Crippen molar-refractivity contribution in [3.63, 3.8) is 0 Å². The summed E-state index contributed by atoms with van der Waals surface area (Å²) in [5.74, 6) is 0. The van der Waals surface area contributed by atoms with Crippen LogP contribution in [0.4, 0.5) is 4.39 Å². The van der Waals surface area contributed by atoms with Crippen molar-refractivity contribution < 1.29 is 13.9 Å². The maximum absolute atomic E-state index is 13.0. The number of hydrogen-bond donors (Lipinski definition) is 0. The Hall–Kier alpha value is -1.23. The Balaban J connectivity index is 2.00. The van der Waals surface area contributed by atoms with Gasteiger partial charge in [-0.3, -0.25) is 0 Å². The van der Waals surface area contributed by atoms with E-state index in [4.69, 9.17) is 9.47 Å². The highest BCUT2D eigenvalue weighted by Gasteiger charge is 2.30. The first-order valence-corrected chi connectivity index (χ1v) is 4.43. The fourth-order valence-corrected chi connectivity index (χ4v) is 1.19. The van der Waals surface area contributed by atoms with E-state index in [2.05, 4.69) is 9.97 Å². The Morgan fingerprint density at radius 2 is 2.14 bits per heavy atom. The summed E-state index contributed by atoms with van der Waals surface area (Å²) in [7, 11) is 0. The number of halogens is 1. The van der Waals surface area contributed by atoms with Crippen LogP contribution >= 0.6 is 0 Å². The lowest BCUT2D eigenvalue weighted by Gasteiger charge is -2.11. The SMILES string of the molecule is Cc1cnc(O[C@@H]2COC[C@H]2F)nc1. The van der Waals surface area contributed by atoms with E-state index in [1.807, 2.05) is 6.92 Å². The van der Waals surface area contributed by atoms with E-state index < -0.39 is 12.3 Å². The molecule has 1 aromatic heterocycles. The first-order valence-electron chi connectivity index (χ1n) is 4.43. The number of alkyl halides is 1. The second-order valence-corrected chi connectivity index (χ2v) is 3.25. The van der Waals surface area contributed by atoms with Crippen molar-refractivity contribution in [1.82, 2.24) is 9.97 Å². The van der Waals surface area contributed by atoms with Gasteiger partial charge in [-0.05, 0) is 12.5 Å². The first-order chi connectivity index (χ1) is 6.75. The molecule has 0 spiro atoms. The van der Waals surface area contributed by atoms with Crippen molar-refractivity contribution >= 4 is 0 Å². The molecule has 1 fully saturated rings. The number of hydrogen-bond acceptors (Lipinski definition) is 4. The van der Waals surface area contributed by atoms with Crippen molar-refractivity contribution in [2.24, 2.45) is 0 Å². The summed E-state index contributed by atoms with van der Waals surface area (Å²) in [6.07, 6.45) is 1.61. The zero-order chi connectivity index (χ0) is 9.97. The third-order valence-electron chi connectivity index (χ3n) is 1.98. The van der Waals surface area contributed by atoms with Gasteiger partial charge in [0.1, 0.15) is 0 Å². The summed E-state index contributed by atoms with van der Waals surface area (Å²) in [5.41, 5.74) is 0.942. The fourth-order valence-electron chi connectivity index (χ4n) is 1.19. The van der Waals surface area contributed by atoms with Crippen LogP contribution < -0.4 is 4.74 Å². The molecular weight excluding hydrogens is 187 g/mol. The lowest BCUT2D eigenvalue weighted by molar-refractivity contribution is 0.118. The Labute approximate surface area is 81.1 Å². The van der Waals surface area contributed by atoms with Gasteiger partial charge in [-0.1, -0.05) is 0 Å². The summed E-state index contributed by atoms with van der Waals surface area (Å²) in [6, 6.07) is 0.203. The largest absolute Gasteiger partial charge is 0.454 e. The quantitative estimate of drug-likeness (QED) is 0.708. The lowest BCUT2D eigenvalue weighted by Crippen LogP contribution is -2.27. The van der Waals surface area contributed by atoms with Crippen LogP contribution in [0.2, 0.25) is 0 Å². The van der Waals surface area contributed by atoms with Crippen LogP contribution in [-0.2, 0) is 4.74 Å². The summed E-state index contributed by atoms with van der Waals surface area (Å²) in [6.45, 7) is 2.23. The molecule has 1 aromatic rings. The van der Waals surface area contributed by atoms with E-state index in [0.29, 0.717) is 0 Å². The number of aryl methyl sites for hydroxylation is 1. The zero-order valence-corrected chi connectivity index (χ0v) is 7.81.